The fourth-order valence-electron chi connectivity index (χ4n) is 3.09. The van der Waals surface area contributed by atoms with Gasteiger partial charge in [-0.2, -0.15) is 4.99 Å². The second-order valence-electron chi connectivity index (χ2n) is 7.09. The zero-order chi connectivity index (χ0) is 22.4. The molecule has 1 heterocycles. The van der Waals surface area contributed by atoms with Crippen LogP contribution in [0.2, 0.25) is 0 Å². The van der Waals surface area contributed by atoms with Crippen LogP contribution in [-0.2, 0) is 25.9 Å². The molecule has 0 N–H and O–H groups in total. The predicted molar refractivity (Wildman–Crippen MR) is 119 cm³/mol. The molecule has 166 valence electrons. The van der Waals surface area contributed by atoms with Crippen molar-refractivity contribution < 1.29 is 22.3 Å². The van der Waals surface area contributed by atoms with Crippen molar-refractivity contribution >= 4 is 37.3 Å². The van der Waals surface area contributed by atoms with Crippen LogP contribution < -0.4 is 4.80 Å². The van der Waals surface area contributed by atoms with Crippen molar-refractivity contribution in [3.05, 3.63) is 58.6 Å². The van der Waals surface area contributed by atoms with Crippen LogP contribution >= 0.6 is 11.3 Å². The lowest BCUT2D eigenvalue weighted by Crippen LogP contribution is -2.20. The number of ether oxygens (including phenoxy) is 1. The minimum atomic E-state index is -3.45. The summed E-state index contributed by atoms with van der Waals surface area (Å²) in [5, 5.41) is 0. The van der Waals surface area contributed by atoms with Crippen LogP contribution in [-0.4, -0.2) is 37.9 Å². The Morgan fingerprint density at radius 2 is 1.94 bits per heavy atom. The zero-order valence-corrected chi connectivity index (χ0v) is 19.1. The first-order valence-corrected chi connectivity index (χ1v) is 12.5. The van der Waals surface area contributed by atoms with Crippen LogP contribution in [0.5, 0.6) is 0 Å². The third-order valence-corrected chi connectivity index (χ3v) is 7.57. The maximum absolute atomic E-state index is 13.6. The van der Waals surface area contributed by atoms with Crippen LogP contribution in [0.4, 0.5) is 4.39 Å². The highest BCUT2D eigenvalue weighted by Gasteiger charge is 2.15. The first-order chi connectivity index (χ1) is 14.8. The molecule has 1 amide bonds. The van der Waals surface area contributed by atoms with E-state index in [2.05, 4.69) is 4.99 Å². The van der Waals surface area contributed by atoms with Crippen molar-refractivity contribution in [3.63, 3.8) is 0 Å². The molecule has 0 bridgehead atoms. The molecule has 0 atom stereocenters. The van der Waals surface area contributed by atoms with Gasteiger partial charge in [0, 0.05) is 19.6 Å². The first-order valence-electron chi connectivity index (χ1n) is 10.0. The Balaban J connectivity index is 1.74. The number of hydrogen-bond donors (Lipinski definition) is 0. The maximum atomic E-state index is 13.6. The van der Waals surface area contributed by atoms with Crippen LogP contribution in [0, 0.1) is 12.7 Å². The monoisotopic (exact) mass is 464 g/mol. The van der Waals surface area contributed by atoms with Gasteiger partial charge in [0.15, 0.2) is 14.6 Å². The van der Waals surface area contributed by atoms with E-state index in [4.69, 9.17) is 4.74 Å². The van der Waals surface area contributed by atoms with Gasteiger partial charge in [0.2, 0.25) is 5.91 Å². The van der Waals surface area contributed by atoms with Gasteiger partial charge < -0.3 is 9.30 Å². The van der Waals surface area contributed by atoms with Crippen molar-refractivity contribution in [2.24, 2.45) is 4.99 Å². The van der Waals surface area contributed by atoms with Gasteiger partial charge in [-0.15, -0.1) is 0 Å². The quantitative estimate of drug-likeness (QED) is 0.451. The number of aromatic nitrogens is 1. The molecule has 3 aromatic rings. The van der Waals surface area contributed by atoms with E-state index in [1.165, 1.54) is 23.5 Å². The second-order valence-corrected chi connectivity index (χ2v) is 10.2. The van der Waals surface area contributed by atoms with Crippen molar-refractivity contribution in [1.29, 1.82) is 0 Å². The summed E-state index contributed by atoms with van der Waals surface area (Å²) in [5.41, 5.74) is 1.76. The molecule has 3 rings (SSSR count). The van der Waals surface area contributed by atoms with Crippen molar-refractivity contribution in [1.82, 2.24) is 4.57 Å². The SMILES string of the molecule is CCOCCn1c(=NC(=O)CCCS(=O)(=O)c2ccc(C)cc2)sc2cc(F)ccc21. The van der Waals surface area contributed by atoms with Crippen molar-refractivity contribution in [3.8, 4) is 0 Å². The number of carbonyl (C=O) groups excluding carboxylic acids is 1. The fraction of sp³-hybridized carbons (Fsp3) is 0.364. The third kappa shape index (κ3) is 6.09. The van der Waals surface area contributed by atoms with Gasteiger partial charge in [0.05, 0.1) is 27.5 Å². The number of benzene rings is 2. The lowest BCUT2D eigenvalue weighted by molar-refractivity contribution is -0.118. The largest absolute Gasteiger partial charge is 0.380 e. The lowest BCUT2D eigenvalue weighted by atomic mass is 10.2. The molecule has 0 spiro atoms. The topological polar surface area (TPSA) is 77.7 Å². The van der Waals surface area contributed by atoms with Gasteiger partial charge in [-0.3, -0.25) is 4.79 Å². The van der Waals surface area contributed by atoms with E-state index in [-0.39, 0.29) is 29.3 Å². The van der Waals surface area contributed by atoms with Crippen molar-refractivity contribution in [2.75, 3.05) is 19.0 Å². The molecule has 0 radical (unpaired) electrons. The summed E-state index contributed by atoms with van der Waals surface area (Å²) in [6.07, 6.45) is 0.191. The van der Waals surface area contributed by atoms with Crippen LogP contribution in [0.1, 0.15) is 25.3 Å². The number of halogens is 1. The summed E-state index contributed by atoms with van der Waals surface area (Å²) >= 11 is 1.22. The molecule has 0 unspecified atom stereocenters. The van der Waals surface area contributed by atoms with Gasteiger partial charge in [0.25, 0.3) is 0 Å². The molecule has 0 fully saturated rings. The number of nitrogens with zero attached hydrogens (tertiary/aromatic N) is 2. The molecule has 0 saturated carbocycles. The number of hydrogen-bond acceptors (Lipinski definition) is 5. The van der Waals surface area contributed by atoms with Crippen LogP contribution in [0.25, 0.3) is 10.2 Å². The van der Waals surface area contributed by atoms with E-state index in [1.807, 2.05) is 18.4 Å². The number of rotatable bonds is 9. The highest BCUT2D eigenvalue weighted by Crippen LogP contribution is 2.19. The molecule has 0 aliphatic carbocycles. The minimum Gasteiger partial charge on any atom is -0.380 e. The maximum Gasteiger partial charge on any atom is 0.248 e. The summed E-state index contributed by atoms with van der Waals surface area (Å²) < 4.78 is 46.4. The number of aryl methyl sites for hydroxylation is 1. The van der Waals surface area contributed by atoms with Gasteiger partial charge in [-0.1, -0.05) is 29.0 Å². The number of fused-ring (bicyclic) bond motifs is 1. The van der Waals surface area contributed by atoms with Crippen LogP contribution in [0.15, 0.2) is 52.4 Å². The summed E-state index contributed by atoms with van der Waals surface area (Å²) in [5.74, 6) is -0.888. The molecular weight excluding hydrogens is 439 g/mol. The molecular formula is C22H25FN2O4S2. The smallest absolute Gasteiger partial charge is 0.248 e. The molecule has 0 saturated heterocycles. The van der Waals surface area contributed by atoms with E-state index < -0.39 is 15.7 Å². The van der Waals surface area contributed by atoms with Gasteiger partial charge in [0.1, 0.15) is 5.82 Å². The lowest BCUT2D eigenvalue weighted by Gasteiger charge is -2.05. The van der Waals surface area contributed by atoms with E-state index in [1.54, 1.807) is 30.3 Å². The number of thiazole rings is 1. The highest BCUT2D eigenvalue weighted by molar-refractivity contribution is 7.91. The van der Waals surface area contributed by atoms with E-state index in [0.29, 0.717) is 29.3 Å². The number of sulfone groups is 1. The Morgan fingerprint density at radius 1 is 1.19 bits per heavy atom. The molecule has 6 nitrogen and oxygen atoms in total. The molecule has 1 aromatic heterocycles. The van der Waals surface area contributed by atoms with E-state index in [9.17, 15) is 17.6 Å². The molecule has 0 aliphatic rings. The number of amides is 1. The number of carbonyl (C=O) groups is 1. The highest BCUT2D eigenvalue weighted by atomic mass is 32.2. The average Bonchev–Trinajstić information content (AvgIpc) is 3.04. The first kappa shape index (κ1) is 23.3. The Hall–Kier alpha value is -2.36. The summed E-state index contributed by atoms with van der Waals surface area (Å²) in [6, 6.07) is 11.1. The standard InChI is InChI=1S/C22H25FN2O4S2/c1-3-29-13-12-25-19-11-8-17(23)15-20(19)30-22(25)24-21(26)5-4-14-31(27,28)18-9-6-16(2)7-10-18/h6-11,15H,3-5,12-14H2,1-2H3. The Morgan fingerprint density at radius 3 is 2.65 bits per heavy atom. The summed E-state index contributed by atoms with van der Waals surface area (Å²) in [6.45, 7) is 5.27. The molecule has 0 aliphatic heterocycles. The zero-order valence-electron chi connectivity index (χ0n) is 17.5. The Kier molecular flexibility index (Phi) is 7.74. The Bertz CT molecular complexity index is 1230. The van der Waals surface area contributed by atoms with Gasteiger partial charge in [-0.05, 0) is 50.6 Å². The minimum absolute atomic E-state index is 0.0131. The van der Waals surface area contributed by atoms with Crippen LogP contribution in [0.3, 0.4) is 0 Å². The predicted octanol–water partition coefficient (Wildman–Crippen LogP) is 3.87. The third-order valence-electron chi connectivity index (χ3n) is 4.71. The second kappa shape index (κ2) is 10.3. The fourth-order valence-corrected chi connectivity index (χ4v) is 5.50. The normalized spacial score (nSPS) is 12.5. The van der Waals surface area contributed by atoms with E-state index in [0.717, 1.165) is 11.1 Å². The van der Waals surface area contributed by atoms with Gasteiger partial charge >= 0.3 is 0 Å². The Labute approximate surface area is 184 Å². The molecule has 31 heavy (non-hydrogen) atoms. The van der Waals surface area contributed by atoms with Gasteiger partial charge in [-0.25, -0.2) is 12.8 Å². The van der Waals surface area contributed by atoms with Crippen molar-refractivity contribution in [2.45, 2.75) is 38.1 Å². The van der Waals surface area contributed by atoms with E-state index >= 15 is 0 Å². The average molecular weight is 465 g/mol. The summed E-state index contributed by atoms with van der Waals surface area (Å²) in [7, 11) is -3.45. The summed E-state index contributed by atoms with van der Waals surface area (Å²) in [4.78, 5) is 17.3. The molecule has 9 heteroatoms. The molecule has 2 aromatic carbocycles.